The first-order valence-corrected chi connectivity index (χ1v) is 20.9. The quantitative estimate of drug-likeness (QED) is 0.143. The molecule has 4 heteroatoms. The van der Waals surface area contributed by atoms with Crippen LogP contribution in [0.15, 0.2) is 229 Å². The molecule has 0 atom stereocenters. The molecule has 0 saturated heterocycles. The smallest absolute Gasteiger partial charge is 0.143 e. The Morgan fingerprint density at radius 1 is 0.468 bits per heavy atom. The highest BCUT2D eigenvalue weighted by atomic mass is 16.5. The molecular formula is C58H44N2O2. The highest BCUT2D eigenvalue weighted by Gasteiger charge is 2.17. The molecule has 62 heavy (non-hydrogen) atoms. The van der Waals surface area contributed by atoms with Crippen LogP contribution in [-0.2, 0) is 0 Å². The number of rotatable bonds is 8. The van der Waals surface area contributed by atoms with E-state index in [0.29, 0.717) is 0 Å². The van der Waals surface area contributed by atoms with Gasteiger partial charge in [0.15, 0.2) is 0 Å². The number of methoxy groups -OCH3 is 1. The fraction of sp³-hybridized carbons (Fsp3) is 0.0345. The summed E-state index contributed by atoms with van der Waals surface area (Å²) in [4.78, 5) is 2.33. The fourth-order valence-corrected chi connectivity index (χ4v) is 8.61. The van der Waals surface area contributed by atoms with Gasteiger partial charge in [-0.25, -0.2) is 0 Å². The van der Waals surface area contributed by atoms with E-state index in [4.69, 9.17) is 9.15 Å². The summed E-state index contributed by atoms with van der Waals surface area (Å²) in [6.45, 7) is 5.25. The standard InChI is InChI=1S/C55H38N2O2.C3H6/c1-58-46-33-31-45(32-34-46)57-52-16-7-5-12-48(52)51-36-41(24-35-53(51)57)39-20-27-43(28-21-39)56(42-25-18-38(19-26-42)37-10-3-2-4-11-37)44-29-22-40(23-30-44)47-14-9-15-50-49-13-6-8-17-54(49)59-55(47)50;1-3-2/h2-36H,1H3;3H,1H2,2H3. The van der Waals surface area contributed by atoms with Gasteiger partial charge in [-0.15, -0.1) is 6.58 Å². The predicted molar refractivity (Wildman–Crippen MR) is 261 cm³/mol. The van der Waals surface area contributed by atoms with Crippen LogP contribution in [-0.4, -0.2) is 11.7 Å². The normalized spacial score (nSPS) is 11.1. The molecule has 0 bridgehead atoms. The lowest BCUT2D eigenvalue weighted by atomic mass is 10.0. The Labute approximate surface area is 361 Å². The summed E-state index contributed by atoms with van der Waals surface area (Å²) in [6.07, 6.45) is 1.75. The summed E-state index contributed by atoms with van der Waals surface area (Å²) in [5.41, 5.74) is 15.4. The van der Waals surface area contributed by atoms with Crippen molar-refractivity contribution in [1.29, 1.82) is 0 Å². The largest absolute Gasteiger partial charge is 0.497 e. The Kier molecular flexibility index (Phi) is 10.2. The van der Waals surface area contributed by atoms with Gasteiger partial charge in [0.25, 0.3) is 0 Å². The van der Waals surface area contributed by atoms with Crippen LogP contribution in [0.25, 0.3) is 82.8 Å². The number of nitrogens with zero attached hydrogens (tertiary/aromatic N) is 2. The SMILES string of the molecule is C=CC.COc1ccc(-n2c3ccccc3c3cc(-c4ccc(N(c5ccc(-c6ccccc6)cc5)c5ccc(-c6cccc7c6oc6ccccc67)cc5)cc4)ccc32)cc1. The van der Waals surface area contributed by atoms with Gasteiger partial charge in [0.1, 0.15) is 16.9 Å². The molecule has 11 aromatic rings. The Morgan fingerprint density at radius 3 is 1.65 bits per heavy atom. The van der Waals surface area contributed by atoms with Crippen LogP contribution < -0.4 is 9.64 Å². The Balaban J connectivity index is 0.00000149. The van der Waals surface area contributed by atoms with Gasteiger partial charge < -0.3 is 18.6 Å². The zero-order valence-electron chi connectivity index (χ0n) is 34.7. The van der Waals surface area contributed by atoms with Crippen molar-refractivity contribution in [2.75, 3.05) is 12.0 Å². The molecular weight excluding hydrogens is 757 g/mol. The number of hydrogen-bond donors (Lipinski definition) is 0. The van der Waals surface area contributed by atoms with Crippen LogP contribution in [0, 0.1) is 0 Å². The summed E-state index contributed by atoms with van der Waals surface area (Å²) in [6, 6.07) is 75.5. The van der Waals surface area contributed by atoms with Gasteiger partial charge in [0.2, 0.25) is 0 Å². The molecule has 0 aliphatic rings. The summed E-state index contributed by atoms with van der Waals surface area (Å²) in [7, 11) is 1.70. The van der Waals surface area contributed by atoms with Gasteiger partial charge in [0.05, 0.1) is 18.1 Å². The summed E-state index contributed by atoms with van der Waals surface area (Å²) in [5.74, 6) is 0.844. The lowest BCUT2D eigenvalue weighted by Crippen LogP contribution is -2.09. The average molecular weight is 801 g/mol. The molecule has 298 valence electrons. The molecule has 4 nitrogen and oxygen atoms in total. The Morgan fingerprint density at radius 2 is 0.984 bits per heavy atom. The van der Waals surface area contributed by atoms with Crippen molar-refractivity contribution in [1.82, 2.24) is 4.57 Å². The molecule has 0 unspecified atom stereocenters. The second-order valence-electron chi connectivity index (χ2n) is 15.3. The van der Waals surface area contributed by atoms with E-state index < -0.39 is 0 Å². The molecule has 0 saturated carbocycles. The van der Waals surface area contributed by atoms with Crippen molar-refractivity contribution in [2.24, 2.45) is 0 Å². The molecule has 0 fully saturated rings. The second-order valence-corrected chi connectivity index (χ2v) is 15.3. The fourth-order valence-electron chi connectivity index (χ4n) is 8.61. The topological polar surface area (TPSA) is 30.5 Å². The summed E-state index contributed by atoms with van der Waals surface area (Å²) >= 11 is 0. The highest BCUT2D eigenvalue weighted by molar-refractivity contribution is 6.11. The maximum atomic E-state index is 6.41. The number of furan rings is 1. The average Bonchev–Trinajstić information content (AvgIpc) is 3.89. The van der Waals surface area contributed by atoms with E-state index in [2.05, 4.69) is 204 Å². The molecule has 0 spiro atoms. The van der Waals surface area contributed by atoms with Crippen molar-refractivity contribution in [3.63, 3.8) is 0 Å². The number of para-hydroxylation sites is 3. The molecule has 2 aromatic heterocycles. The van der Waals surface area contributed by atoms with Gasteiger partial charge in [-0.3, -0.25) is 0 Å². The van der Waals surface area contributed by atoms with Crippen LogP contribution >= 0.6 is 0 Å². The van der Waals surface area contributed by atoms with E-state index in [1.54, 1.807) is 13.2 Å². The van der Waals surface area contributed by atoms with Crippen molar-refractivity contribution < 1.29 is 9.15 Å². The number of aromatic nitrogens is 1. The van der Waals surface area contributed by atoms with Crippen molar-refractivity contribution >= 4 is 60.8 Å². The Bertz CT molecular complexity index is 3320. The minimum atomic E-state index is 0.844. The lowest BCUT2D eigenvalue weighted by Gasteiger charge is -2.26. The molecule has 0 aliphatic heterocycles. The number of hydrogen-bond acceptors (Lipinski definition) is 3. The van der Waals surface area contributed by atoms with Crippen molar-refractivity contribution in [3.05, 3.63) is 225 Å². The van der Waals surface area contributed by atoms with E-state index in [1.165, 1.54) is 38.5 Å². The monoisotopic (exact) mass is 800 g/mol. The van der Waals surface area contributed by atoms with Crippen molar-refractivity contribution in [3.8, 4) is 44.8 Å². The van der Waals surface area contributed by atoms with Crippen LogP contribution in [0.1, 0.15) is 6.92 Å². The molecule has 0 aliphatic carbocycles. The van der Waals surface area contributed by atoms with Crippen LogP contribution in [0.3, 0.4) is 0 Å². The predicted octanol–water partition coefficient (Wildman–Crippen LogP) is 16.4. The van der Waals surface area contributed by atoms with Gasteiger partial charge in [0, 0.05) is 49.9 Å². The molecule has 0 amide bonds. The van der Waals surface area contributed by atoms with E-state index in [0.717, 1.165) is 67.1 Å². The maximum absolute atomic E-state index is 6.41. The minimum absolute atomic E-state index is 0.844. The van der Waals surface area contributed by atoms with Crippen LogP contribution in [0.4, 0.5) is 17.1 Å². The summed E-state index contributed by atoms with van der Waals surface area (Å²) < 4.78 is 14.2. The Hall–Kier alpha value is -8.08. The highest BCUT2D eigenvalue weighted by Crippen LogP contribution is 2.41. The second kappa shape index (κ2) is 16.5. The molecule has 9 aromatic carbocycles. The van der Waals surface area contributed by atoms with E-state index >= 15 is 0 Å². The maximum Gasteiger partial charge on any atom is 0.143 e. The van der Waals surface area contributed by atoms with E-state index in [1.807, 2.05) is 31.2 Å². The van der Waals surface area contributed by atoms with Gasteiger partial charge in [-0.2, -0.15) is 0 Å². The molecule has 11 rings (SSSR count). The first-order chi connectivity index (χ1) is 30.6. The van der Waals surface area contributed by atoms with Gasteiger partial charge >= 0.3 is 0 Å². The third-order valence-electron chi connectivity index (χ3n) is 11.5. The van der Waals surface area contributed by atoms with Crippen LogP contribution in [0.5, 0.6) is 5.75 Å². The zero-order valence-corrected chi connectivity index (χ0v) is 34.7. The summed E-state index contributed by atoms with van der Waals surface area (Å²) in [5, 5.41) is 4.71. The number of allylic oxidation sites excluding steroid dienone is 1. The molecule has 0 N–H and O–H groups in total. The number of fused-ring (bicyclic) bond motifs is 6. The number of benzene rings is 9. The van der Waals surface area contributed by atoms with Crippen molar-refractivity contribution in [2.45, 2.75) is 6.92 Å². The van der Waals surface area contributed by atoms with E-state index in [9.17, 15) is 0 Å². The minimum Gasteiger partial charge on any atom is -0.497 e. The lowest BCUT2D eigenvalue weighted by molar-refractivity contribution is 0.415. The van der Waals surface area contributed by atoms with Gasteiger partial charge in [-0.1, -0.05) is 133 Å². The first kappa shape index (κ1) is 38.1. The molecule has 2 heterocycles. The van der Waals surface area contributed by atoms with Gasteiger partial charge in [-0.05, 0) is 120 Å². The number of ether oxygens (including phenoxy) is 1. The molecule has 0 radical (unpaired) electrons. The van der Waals surface area contributed by atoms with Crippen LogP contribution in [0.2, 0.25) is 0 Å². The van der Waals surface area contributed by atoms with E-state index in [-0.39, 0.29) is 0 Å². The number of anilines is 3. The third kappa shape index (κ3) is 6.98. The zero-order chi connectivity index (χ0) is 42.0. The third-order valence-corrected chi connectivity index (χ3v) is 11.5. The first-order valence-electron chi connectivity index (χ1n) is 20.9.